The third-order valence-corrected chi connectivity index (χ3v) is 12.2. The van der Waals surface area contributed by atoms with Gasteiger partial charge in [-0.1, -0.05) is 84.2 Å². The molecule has 2 atom stereocenters. The van der Waals surface area contributed by atoms with Crippen molar-refractivity contribution in [1.29, 1.82) is 5.26 Å². The number of hydrogen-bond donors (Lipinski definition) is 2. The highest BCUT2D eigenvalue weighted by molar-refractivity contribution is 8.01. The van der Waals surface area contributed by atoms with E-state index in [0.29, 0.717) is 69.2 Å². The summed E-state index contributed by atoms with van der Waals surface area (Å²) in [4.78, 5) is 51.7. The van der Waals surface area contributed by atoms with Crippen molar-refractivity contribution in [1.82, 2.24) is 24.8 Å². The summed E-state index contributed by atoms with van der Waals surface area (Å²) in [5.41, 5.74) is 2.53. The van der Waals surface area contributed by atoms with Crippen LogP contribution in [0.2, 0.25) is 0 Å². The lowest BCUT2D eigenvalue weighted by Gasteiger charge is -2.24. The summed E-state index contributed by atoms with van der Waals surface area (Å²) in [6, 6.07) is 10.8. The lowest BCUT2D eigenvalue weighted by molar-refractivity contribution is -0.127. The number of carbonyl (C=O) groups excluding carboxylic acids is 4. The Hall–Kier alpha value is -4.96. The number of allylic oxidation sites excluding steroid dienone is 1. The zero-order valence-electron chi connectivity index (χ0n) is 35.8. The Kier molecular flexibility index (Phi) is 26.1. The third-order valence-electron chi connectivity index (χ3n) is 8.86. The van der Waals surface area contributed by atoms with Gasteiger partial charge in [-0.15, -0.1) is 18.2 Å². The van der Waals surface area contributed by atoms with Crippen LogP contribution in [0.5, 0.6) is 0 Å². The number of amides is 3. The van der Waals surface area contributed by atoms with Crippen molar-refractivity contribution in [2.45, 2.75) is 104 Å². The first-order chi connectivity index (χ1) is 27.8. The minimum atomic E-state index is -3.36. The average molecular weight is 867 g/mol. The minimum Gasteiger partial charge on any atom is -0.423 e. The van der Waals surface area contributed by atoms with Gasteiger partial charge < -0.3 is 20.3 Å². The summed E-state index contributed by atoms with van der Waals surface area (Å²) in [7, 11) is -3.36. The fraction of sp³-hybridized carbons (Fsp3) is 0.511. The predicted octanol–water partition coefficient (Wildman–Crippen LogP) is 6.46. The molecule has 3 rings (SSSR count). The van der Waals surface area contributed by atoms with Crippen LogP contribution in [-0.2, 0) is 40.4 Å². The highest BCUT2D eigenvalue weighted by Gasteiger charge is 2.37. The van der Waals surface area contributed by atoms with E-state index < -0.39 is 16.1 Å². The summed E-state index contributed by atoms with van der Waals surface area (Å²) in [6.45, 7) is 18.4. The lowest BCUT2D eigenvalue weighted by atomic mass is 9.86. The average Bonchev–Trinajstić information content (AvgIpc) is 3.58. The van der Waals surface area contributed by atoms with Crippen LogP contribution in [-0.4, -0.2) is 96.6 Å². The maximum absolute atomic E-state index is 12.7. The molecule has 1 aromatic heterocycles. The molecule has 0 saturated carbocycles. The van der Waals surface area contributed by atoms with Crippen molar-refractivity contribution in [2.24, 2.45) is 11.3 Å². The highest BCUT2D eigenvalue weighted by atomic mass is 32.2. The number of pyridine rings is 1. The number of sulfonamides is 1. The van der Waals surface area contributed by atoms with Gasteiger partial charge in [-0.25, -0.2) is 8.42 Å². The first-order valence-electron chi connectivity index (χ1n) is 19.5. The van der Waals surface area contributed by atoms with Crippen LogP contribution in [0.15, 0.2) is 77.5 Å². The lowest BCUT2D eigenvalue weighted by Crippen LogP contribution is -2.39. The molecule has 2 unspecified atom stereocenters. The Morgan fingerprint density at radius 3 is 2.35 bits per heavy atom. The number of ether oxygens (including phenoxy) is 1. The molecule has 2 aromatic rings. The molecule has 1 saturated heterocycles. The molecule has 0 bridgehead atoms. The molecule has 2 N–H and O–H groups in total. The van der Waals surface area contributed by atoms with Gasteiger partial charge in [0.15, 0.2) is 5.78 Å². The van der Waals surface area contributed by atoms with Crippen LogP contribution in [0, 0.1) is 42.1 Å². The van der Waals surface area contributed by atoms with Gasteiger partial charge in [-0.3, -0.25) is 24.2 Å². The molecule has 0 spiro atoms. The van der Waals surface area contributed by atoms with Gasteiger partial charge in [0.05, 0.1) is 11.9 Å². The number of aromatic nitrogens is 1. The molecule has 1 aromatic carbocycles. The molecular weight excluding hydrogens is 801 g/mol. The standard InChI is InChI=1S/C18H25N3O3.C16H23NO2.C10H14N2O2S2.CH4/c1-4-7-17(8-6-13-24-14-19)18(23)21(12-10-20-15-22)11-9-16(3)5-2;1-12-5-7-13(8-6-12)9-14(17-11-18)15(19)10-16(2,3)4;1-10(2)7-12(8-15-10)16(13,14)9-4-3-5-11-6-9;/h1,6-8,15-16H,5,9-13H2,2-3H3,(H,20,22);5-8,11,14H,9-10H2,1-4H3,(H,17,18);3-6H,7-8H2,1-2H3;1H4/b8-6-,17-7+;;;. The van der Waals surface area contributed by atoms with Gasteiger partial charge in [0, 0.05) is 61.4 Å². The second-order valence-electron chi connectivity index (χ2n) is 15.8. The number of benzene rings is 1. The minimum absolute atomic E-state index is 0. The summed E-state index contributed by atoms with van der Waals surface area (Å²) in [5.74, 6) is 3.24. The Labute approximate surface area is 363 Å². The smallest absolute Gasteiger partial charge is 0.286 e. The molecule has 1 aliphatic heterocycles. The zero-order chi connectivity index (χ0) is 44.5. The number of rotatable bonds is 20. The van der Waals surface area contributed by atoms with Crippen LogP contribution in [0.3, 0.4) is 0 Å². The summed E-state index contributed by atoms with van der Waals surface area (Å²) < 4.78 is 30.4. The molecule has 0 radical (unpaired) electrons. The van der Waals surface area contributed by atoms with E-state index in [1.54, 1.807) is 53.4 Å². The number of nitrogens with one attached hydrogen (secondary N) is 2. The molecule has 330 valence electrons. The third kappa shape index (κ3) is 21.9. The maximum atomic E-state index is 12.7. The normalized spacial score (nSPS) is 14.5. The number of ketones is 1. The SMILES string of the molecule is C.C#C/C=C(\C=C/COC#N)C(=O)N(CCNC=O)CCC(C)CC.CC1(C)CN(S(=O)(=O)c2cccnc2)CS1.Cc1ccc(CC(NC=O)C(=O)CC(C)(C)C)cc1. The monoisotopic (exact) mass is 866 g/mol. The van der Waals surface area contributed by atoms with E-state index in [0.717, 1.165) is 18.4 Å². The number of nitrogens with zero attached hydrogens (tertiary/aromatic N) is 4. The van der Waals surface area contributed by atoms with Crippen LogP contribution >= 0.6 is 11.8 Å². The van der Waals surface area contributed by atoms with E-state index in [2.05, 4.69) is 54.0 Å². The Balaban J connectivity index is 0.000000878. The first kappa shape index (κ1) is 55.0. The molecule has 60 heavy (non-hydrogen) atoms. The number of carbonyl (C=O) groups is 4. The number of hydrogen-bond acceptors (Lipinski definition) is 10. The van der Waals surface area contributed by atoms with Crippen LogP contribution in [0.1, 0.15) is 86.3 Å². The summed E-state index contributed by atoms with van der Waals surface area (Å²) in [5, 5.41) is 13.5. The number of Topliss-reactive ketones (excluding diaryl/α,β-unsaturated/α-hetero) is 1. The van der Waals surface area contributed by atoms with Gasteiger partial charge in [0.25, 0.3) is 12.2 Å². The van der Waals surface area contributed by atoms with E-state index in [-0.39, 0.29) is 40.8 Å². The molecule has 0 aliphatic carbocycles. The number of thioether (sulfide) groups is 1. The molecule has 13 nitrogen and oxygen atoms in total. The maximum Gasteiger partial charge on any atom is 0.286 e. The molecule has 15 heteroatoms. The van der Waals surface area contributed by atoms with Gasteiger partial charge in [0.2, 0.25) is 22.8 Å². The molecular formula is C45H66N6O7S2. The van der Waals surface area contributed by atoms with Crippen LogP contribution in [0.25, 0.3) is 0 Å². The van der Waals surface area contributed by atoms with Crippen molar-refractivity contribution < 1.29 is 32.3 Å². The van der Waals surface area contributed by atoms with Crippen molar-refractivity contribution in [3.05, 3.63) is 83.7 Å². The second kappa shape index (κ2) is 28.5. The van der Waals surface area contributed by atoms with Crippen molar-refractivity contribution in [2.75, 3.05) is 38.7 Å². The highest BCUT2D eigenvalue weighted by Crippen LogP contribution is 2.36. The predicted molar refractivity (Wildman–Crippen MR) is 241 cm³/mol. The molecule has 1 aliphatic rings. The topological polar surface area (TPSA) is 179 Å². The quantitative estimate of drug-likeness (QED) is 0.0375. The van der Waals surface area contributed by atoms with E-state index in [1.807, 2.05) is 52.0 Å². The van der Waals surface area contributed by atoms with Gasteiger partial charge in [0.1, 0.15) is 11.5 Å². The van der Waals surface area contributed by atoms with E-state index in [9.17, 15) is 27.6 Å². The van der Waals surface area contributed by atoms with Gasteiger partial charge in [-0.2, -0.15) is 9.57 Å². The van der Waals surface area contributed by atoms with Gasteiger partial charge >= 0.3 is 0 Å². The molecule has 3 amide bonds. The second-order valence-corrected chi connectivity index (χ2v) is 19.4. The van der Waals surface area contributed by atoms with E-state index in [4.69, 9.17) is 11.7 Å². The largest absolute Gasteiger partial charge is 0.423 e. The van der Waals surface area contributed by atoms with Crippen LogP contribution in [0.4, 0.5) is 0 Å². The van der Waals surface area contributed by atoms with Crippen molar-refractivity contribution in [3.8, 4) is 18.6 Å². The molecule has 1 fully saturated rings. The van der Waals surface area contributed by atoms with E-state index in [1.165, 1.54) is 22.1 Å². The van der Waals surface area contributed by atoms with Crippen molar-refractivity contribution in [3.63, 3.8) is 0 Å². The number of nitriles is 1. The van der Waals surface area contributed by atoms with Crippen molar-refractivity contribution >= 4 is 46.3 Å². The Morgan fingerprint density at radius 2 is 1.83 bits per heavy atom. The molecule has 2 heterocycles. The van der Waals surface area contributed by atoms with Crippen LogP contribution < -0.4 is 10.6 Å². The summed E-state index contributed by atoms with van der Waals surface area (Å²) >= 11 is 1.66. The number of terminal acetylenes is 1. The van der Waals surface area contributed by atoms with E-state index >= 15 is 0 Å². The number of aryl methyl sites for hydroxylation is 1. The zero-order valence-corrected chi connectivity index (χ0v) is 37.4. The fourth-order valence-electron chi connectivity index (χ4n) is 5.39. The first-order valence-corrected chi connectivity index (χ1v) is 21.9. The summed E-state index contributed by atoms with van der Waals surface area (Å²) in [6.07, 6.45) is 18.4. The van der Waals surface area contributed by atoms with Gasteiger partial charge in [-0.05, 0) is 74.8 Å². The Morgan fingerprint density at radius 1 is 1.15 bits per heavy atom. The fourth-order valence-corrected chi connectivity index (χ4v) is 8.25. The Bertz CT molecular complexity index is 1860.